The van der Waals surface area contributed by atoms with Crippen molar-refractivity contribution >= 4 is 26.8 Å². The van der Waals surface area contributed by atoms with Crippen LogP contribution in [0.4, 0.5) is 0 Å². The molecule has 2 heterocycles. The Labute approximate surface area is 113 Å². The van der Waals surface area contributed by atoms with Crippen LogP contribution in [0.3, 0.4) is 0 Å². The fourth-order valence-corrected chi connectivity index (χ4v) is 2.74. The average Bonchev–Trinajstić information content (AvgIpc) is 2.41. The van der Waals surface area contributed by atoms with E-state index in [4.69, 9.17) is 0 Å². The molecule has 0 N–H and O–H groups in total. The van der Waals surface area contributed by atoms with Crippen LogP contribution in [0.5, 0.6) is 0 Å². The second-order valence-electron chi connectivity index (χ2n) is 4.57. The van der Waals surface area contributed by atoms with Gasteiger partial charge in [-0.3, -0.25) is 4.79 Å². The molecule has 18 heavy (non-hydrogen) atoms. The van der Waals surface area contributed by atoms with E-state index in [1.807, 2.05) is 18.2 Å². The minimum absolute atomic E-state index is 0.0169. The van der Waals surface area contributed by atoms with Gasteiger partial charge in [0.2, 0.25) is 0 Å². The van der Waals surface area contributed by atoms with Gasteiger partial charge in [-0.05, 0) is 37.5 Å². The molecule has 2 aromatic rings. The van der Waals surface area contributed by atoms with Crippen molar-refractivity contribution in [1.82, 2.24) is 9.66 Å². The fourth-order valence-electron chi connectivity index (χ4n) is 2.38. The number of piperidine rings is 1. The van der Waals surface area contributed by atoms with Crippen LogP contribution in [0, 0.1) is 0 Å². The van der Waals surface area contributed by atoms with Gasteiger partial charge in [0.15, 0.2) is 0 Å². The molecule has 1 aromatic carbocycles. The lowest BCUT2D eigenvalue weighted by atomic mass is 10.2. The van der Waals surface area contributed by atoms with Crippen LogP contribution >= 0.6 is 15.9 Å². The summed E-state index contributed by atoms with van der Waals surface area (Å²) in [5.74, 6) is 0. The summed E-state index contributed by atoms with van der Waals surface area (Å²) in [5, 5.41) is 2.75. The zero-order chi connectivity index (χ0) is 12.5. The third kappa shape index (κ3) is 2.03. The molecule has 0 aliphatic carbocycles. The van der Waals surface area contributed by atoms with E-state index < -0.39 is 0 Å². The van der Waals surface area contributed by atoms with Gasteiger partial charge in [0, 0.05) is 17.6 Å². The van der Waals surface area contributed by atoms with Gasteiger partial charge in [0.25, 0.3) is 5.56 Å². The van der Waals surface area contributed by atoms with Gasteiger partial charge in [-0.2, -0.15) is 0 Å². The van der Waals surface area contributed by atoms with E-state index in [-0.39, 0.29) is 5.56 Å². The van der Waals surface area contributed by atoms with E-state index in [9.17, 15) is 4.79 Å². The standard InChI is InChI=1S/C13H14BrN3O/c14-10-4-5-12-11(8-10)13(18)17(9-15-12)16-6-2-1-3-7-16/h4-5,8-9H,1-3,6-7H2. The Bertz CT molecular complexity index is 632. The van der Waals surface area contributed by atoms with Crippen molar-refractivity contribution in [3.8, 4) is 0 Å². The minimum atomic E-state index is 0.0169. The van der Waals surface area contributed by atoms with Crippen molar-refractivity contribution in [3.05, 3.63) is 39.4 Å². The summed E-state index contributed by atoms with van der Waals surface area (Å²) >= 11 is 3.40. The Morgan fingerprint density at radius 3 is 2.72 bits per heavy atom. The highest BCUT2D eigenvalue weighted by Crippen LogP contribution is 2.15. The molecular weight excluding hydrogens is 294 g/mol. The molecular formula is C13H14BrN3O. The van der Waals surface area contributed by atoms with E-state index in [0.29, 0.717) is 5.39 Å². The number of hydrogen-bond donors (Lipinski definition) is 0. The van der Waals surface area contributed by atoms with Crippen LogP contribution < -0.4 is 10.6 Å². The molecule has 0 amide bonds. The lowest BCUT2D eigenvalue weighted by Crippen LogP contribution is -2.45. The molecule has 0 radical (unpaired) electrons. The molecule has 1 saturated heterocycles. The predicted octanol–water partition coefficient (Wildman–Crippen LogP) is 2.28. The fraction of sp³-hybridized carbons (Fsp3) is 0.385. The maximum atomic E-state index is 12.4. The summed E-state index contributed by atoms with van der Waals surface area (Å²) in [6.07, 6.45) is 5.17. The normalized spacial score (nSPS) is 16.2. The van der Waals surface area contributed by atoms with Crippen molar-refractivity contribution in [2.45, 2.75) is 19.3 Å². The van der Waals surface area contributed by atoms with Gasteiger partial charge in [0.1, 0.15) is 6.33 Å². The average molecular weight is 308 g/mol. The number of benzene rings is 1. The number of rotatable bonds is 1. The summed E-state index contributed by atoms with van der Waals surface area (Å²) < 4.78 is 2.57. The van der Waals surface area contributed by atoms with Gasteiger partial charge in [0.05, 0.1) is 10.9 Å². The monoisotopic (exact) mass is 307 g/mol. The second kappa shape index (κ2) is 4.72. The summed E-state index contributed by atoms with van der Waals surface area (Å²) in [6.45, 7) is 1.86. The Balaban J connectivity index is 2.13. The SMILES string of the molecule is O=c1c2cc(Br)ccc2ncn1N1CCCCC1. The molecule has 1 aliphatic heterocycles. The first-order chi connectivity index (χ1) is 8.75. The van der Waals surface area contributed by atoms with Crippen LogP contribution in [0.1, 0.15) is 19.3 Å². The summed E-state index contributed by atoms with van der Waals surface area (Å²) in [7, 11) is 0. The molecule has 94 valence electrons. The lowest BCUT2D eigenvalue weighted by Gasteiger charge is -2.29. The number of halogens is 1. The van der Waals surface area contributed by atoms with Crippen LogP contribution in [-0.2, 0) is 0 Å². The van der Waals surface area contributed by atoms with E-state index in [0.717, 1.165) is 35.9 Å². The molecule has 3 rings (SSSR count). The number of nitrogens with zero attached hydrogens (tertiary/aromatic N) is 3. The molecule has 1 aliphatic rings. The zero-order valence-electron chi connectivity index (χ0n) is 9.97. The van der Waals surface area contributed by atoms with Crippen molar-refractivity contribution in [2.75, 3.05) is 18.1 Å². The van der Waals surface area contributed by atoms with Crippen LogP contribution in [0.15, 0.2) is 33.8 Å². The van der Waals surface area contributed by atoms with Gasteiger partial charge in [-0.1, -0.05) is 15.9 Å². The molecule has 1 fully saturated rings. The van der Waals surface area contributed by atoms with Crippen molar-refractivity contribution in [1.29, 1.82) is 0 Å². The predicted molar refractivity (Wildman–Crippen MR) is 75.5 cm³/mol. The molecule has 0 unspecified atom stereocenters. The molecule has 0 atom stereocenters. The Morgan fingerprint density at radius 2 is 1.94 bits per heavy atom. The molecule has 0 saturated carbocycles. The van der Waals surface area contributed by atoms with Gasteiger partial charge >= 0.3 is 0 Å². The van der Waals surface area contributed by atoms with Crippen molar-refractivity contribution in [2.24, 2.45) is 0 Å². The highest BCUT2D eigenvalue weighted by atomic mass is 79.9. The highest BCUT2D eigenvalue weighted by Gasteiger charge is 2.13. The summed E-state index contributed by atoms with van der Waals surface area (Å²) in [4.78, 5) is 16.8. The van der Waals surface area contributed by atoms with Gasteiger partial charge < -0.3 is 5.01 Å². The molecule has 0 bridgehead atoms. The zero-order valence-corrected chi connectivity index (χ0v) is 11.6. The van der Waals surface area contributed by atoms with Crippen LogP contribution in [0.25, 0.3) is 10.9 Å². The third-order valence-corrected chi connectivity index (χ3v) is 3.83. The van der Waals surface area contributed by atoms with Gasteiger partial charge in [-0.25, -0.2) is 9.66 Å². The van der Waals surface area contributed by atoms with Crippen LogP contribution in [-0.4, -0.2) is 22.7 Å². The minimum Gasteiger partial charge on any atom is -0.309 e. The smallest absolute Gasteiger partial charge is 0.279 e. The molecule has 1 aromatic heterocycles. The maximum absolute atomic E-state index is 12.4. The first-order valence-corrected chi connectivity index (χ1v) is 6.97. The lowest BCUT2D eigenvalue weighted by molar-refractivity contribution is 0.468. The number of aromatic nitrogens is 2. The van der Waals surface area contributed by atoms with Crippen molar-refractivity contribution < 1.29 is 0 Å². The van der Waals surface area contributed by atoms with E-state index in [1.54, 1.807) is 11.0 Å². The van der Waals surface area contributed by atoms with Gasteiger partial charge in [-0.15, -0.1) is 0 Å². The Hall–Kier alpha value is -1.36. The van der Waals surface area contributed by atoms with E-state index >= 15 is 0 Å². The van der Waals surface area contributed by atoms with E-state index in [2.05, 4.69) is 25.9 Å². The molecule has 5 heteroatoms. The van der Waals surface area contributed by atoms with Crippen LogP contribution in [0.2, 0.25) is 0 Å². The Morgan fingerprint density at radius 1 is 1.17 bits per heavy atom. The van der Waals surface area contributed by atoms with E-state index in [1.165, 1.54) is 6.42 Å². The number of fused-ring (bicyclic) bond motifs is 1. The maximum Gasteiger partial charge on any atom is 0.279 e. The van der Waals surface area contributed by atoms with Crippen molar-refractivity contribution in [3.63, 3.8) is 0 Å². The molecule has 0 spiro atoms. The first kappa shape index (κ1) is 11.7. The highest BCUT2D eigenvalue weighted by molar-refractivity contribution is 9.10. The Kier molecular flexibility index (Phi) is 3.07. The third-order valence-electron chi connectivity index (χ3n) is 3.34. The molecule has 4 nitrogen and oxygen atoms in total. The topological polar surface area (TPSA) is 38.1 Å². The summed E-state index contributed by atoms with van der Waals surface area (Å²) in [6, 6.07) is 5.60. The number of hydrogen-bond acceptors (Lipinski definition) is 3. The summed E-state index contributed by atoms with van der Waals surface area (Å²) in [5.41, 5.74) is 0.764. The second-order valence-corrected chi connectivity index (χ2v) is 5.49. The quantitative estimate of drug-likeness (QED) is 0.811. The first-order valence-electron chi connectivity index (χ1n) is 6.18. The largest absolute Gasteiger partial charge is 0.309 e.